The van der Waals surface area contributed by atoms with Crippen LogP contribution in [0.2, 0.25) is 5.02 Å². The number of nitrogens with zero attached hydrogens (tertiary/aromatic N) is 1. The van der Waals surface area contributed by atoms with Gasteiger partial charge in [0.1, 0.15) is 5.82 Å². The average molecular weight is 348 g/mol. The number of hydrazone groups is 1. The first-order chi connectivity index (χ1) is 11.5. The lowest BCUT2D eigenvalue weighted by Crippen LogP contribution is -2.35. The Labute approximate surface area is 143 Å². The van der Waals surface area contributed by atoms with E-state index in [1.165, 1.54) is 18.3 Å². The van der Waals surface area contributed by atoms with E-state index in [-0.39, 0.29) is 17.1 Å². The average Bonchev–Trinajstić information content (AvgIpc) is 2.54. The van der Waals surface area contributed by atoms with Crippen LogP contribution in [-0.4, -0.2) is 24.6 Å². The highest BCUT2D eigenvalue weighted by Gasteiger charge is 2.16. The highest BCUT2D eigenvalue weighted by Crippen LogP contribution is 2.18. The summed E-state index contributed by atoms with van der Waals surface area (Å²) in [6, 6.07) is 11.4. The third-order valence-corrected chi connectivity index (χ3v) is 3.39. The minimum atomic E-state index is -0.768. The standard InChI is InChI=1S/C17H15ClFN3O2/c1-11-5-7-12(8-6-11)9-21-22-15(23)10-20-17(24)16-13(18)3-2-4-14(16)19/h2-9H,10H2,1H3,(H,20,24)(H,22,23)/b21-9-. The van der Waals surface area contributed by atoms with Gasteiger partial charge in [0.05, 0.1) is 23.3 Å². The number of hydrogen-bond donors (Lipinski definition) is 2. The molecule has 24 heavy (non-hydrogen) atoms. The second-order valence-electron chi connectivity index (χ2n) is 4.98. The van der Waals surface area contributed by atoms with Crippen molar-refractivity contribution in [2.45, 2.75) is 6.92 Å². The summed E-state index contributed by atoms with van der Waals surface area (Å²) in [7, 11) is 0. The quantitative estimate of drug-likeness (QED) is 0.645. The Morgan fingerprint density at radius 1 is 1.21 bits per heavy atom. The molecule has 0 bridgehead atoms. The molecule has 0 heterocycles. The van der Waals surface area contributed by atoms with E-state index >= 15 is 0 Å². The van der Waals surface area contributed by atoms with Gasteiger partial charge < -0.3 is 5.32 Å². The lowest BCUT2D eigenvalue weighted by Gasteiger charge is -2.06. The highest BCUT2D eigenvalue weighted by atomic mass is 35.5. The molecule has 0 fully saturated rings. The van der Waals surface area contributed by atoms with Crippen LogP contribution in [0.15, 0.2) is 47.6 Å². The van der Waals surface area contributed by atoms with Crippen molar-refractivity contribution in [3.63, 3.8) is 0 Å². The Bertz CT molecular complexity index is 756. The Morgan fingerprint density at radius 2 is 1.92 bits per heavy atom. The van der Waals surface area contributed by atoms with Gasteiger partial charge in [-0.1, -0.05) is 47.5 Å². The minimum Gasteiger partial charge on any atom is -0.343 e. The normalized spacial score (nSPS) is 10.6. The first-order valence-corrected chi connectivity index (χ1v) is 7.46. The van der Waals surface area contributed by atoms with Crippen molar-refractivity contribution in [2.75, 3.05) is 6.54 Å². The molecule has 7 heteroatoms. The predicted molar refractivity (Wildman–Crippen MR) is 90.7 cm³/mol. The van der Waals surface area contributed by atoms with Gasteiger partial charge in [-0.05, 0) is 24.6 Å². The molecule has 0 spiro atoms. The molecule has 2 N–H and O–H groups in total. The number of hydrogen-bond acceptors (Lipinski definition) is 3. The molecule has 5 nitrogen and oxygen atoms in total. The second-order valence-corrected chi connectivity index (χ2v) is 5.39. The molecule has 2 rings (SSSR count). The summed E-state index contributed by atoms with van der Waals surface area (Å²) in [5, 5.41) is 6.05. The number of carbonyl (C=O) groups excluding carboxylic acids is 2. The van der Waals surface area contributed by atoms with Gasteiger partial charge in [0.15, 0.2) is 0 Å². The molecule has 2 aromatic carbocycles. The lowest BCUT2D eigenvalue weighted by molar-refractivity contribution is -0.120. The van der Waals surface area contributed by atoms with Crippen LogP contribution in [0.3, 0.4) is 0 Å². The third kappa shape index (κ3) is 4.89. The molecule has 0 saturated heterocycles. The fraction of sp³-hybridized carbons (Fsp3) is 0.118. The number of rotatable bonds is 5. The summed E-state index contributed by atoms with van der Waals surface area (Å²) in [4.78, 5) is 23.5. The van der Waals surface area contributed by atoms with Crippen molar-refractivity contribution >= 4 is 29.6 Å². The van der Waals surface area contributed by atoms with E-state index in [1.54, 1.807) is 0 Å². The van der Waals surface area contributed by atoms with Crippen molar-refractivity contribution in [3.05, 3.63) is 70.0 Å². The zero-order valence-corrected chi connectivity index (χ0v) is 13.6. The number of aryl methyl sites for hydroxylation is 1. The van der Waals surface area contributed by atoms with Crippen LogP contribution >= 0.6 is 11.6 Å². The molecular weight excluding hydrogens is 333 g/mol. The lowest BCUT2D eigenvalue weighted by atomic mass is 10.2. The monoisotopic (exact) mass is 347 g/mol. The maximum Gasteiger partial charge on any atom is 0.259 e. The first kappa shape index (κ1) is 17.6. The number of amides is 2. The van der Waals surface area contributed by atoms with Gasteiger partial charge in [0.25, 0.3) is 11.8 Å². The van der Waals surface area contributed by atoms with E-state index in [1.807, 2.05) is 31.2 Å². The van der Waals surface area contributed by atoms with Crippen molar-refractivity contribution in [3.8, 4) is 0 Å². The molecule has 0 atom stereocenters. The van der Waals surface area contributed by atoms with E-state index in [0.29, 0.717) is 0 Å². The molecular formula is C17H15ClFN3O2. The largest absolute Gasteiger partial charge is 0.343 e. The Balaban J connectivity index is 1.85. The molecule has 0 aliphatic rings. The number of benzene rings is 2. The summed E-state index contributed by atoms with van der Waals surface area (Å²) in [5.41, 5.74) is 3.91. The van der Waals surface area contributed by atoms with E-state index in [0.717, 1.165) is 17.2 Å². The van der Waals surface area contributed by atoms with Gasteiger partial charge in [-0.3, -0.25) is 9.59 Å². The van der Waals surface area contributed by atoms with Gasteiger partial charge in [0.2, 0.25) is 0 Å². The van der Waals surface area contributed by atoms with Crippen LogP contribution in [-0.2, 0) is 4.79 Å². The maximum absolute atomic E-state index is 13.6. The highest BCUT2D eigenvalue weighted by molar-refractivity contribution is 6.33. The zero-order valence-electron chi connectivity index (χ0n) is 12.8. The molecule has 0 aromatic heterocycles. The molecule has 2 amide bonds. The number of halogens is 2. The molecule has 0 aliphatic carbocycles. The topological polar surface area (TPSA) is 70.6 Å². The maximum atomic E-state index is 13.6. The fourth-order valence-corrected chi connectivity index (χ4v) is 2.08. The van der Waals surface area contributed by atoms with Crippen LogP contribution in [0, 0.1) is 12.7 Å². The van der Waals surface area contributed by atoms with Crippen molar-refractivity contribution < 1.29 is 14.0 Å². The Kier molecular flexibility index (Phi) is 6.03. The van der Waals surface area contributed by atoms with E-state index in [4.69, 9.17) is 11.6 Å². The molecule has 0 aliphatic heterocycles. The smallest absolute Gasteiger partial charge is 0.259 e. The van der Waals surface area contributed by atoms with Crippen LogP contribution in [0.1, 0.15) is 21.5 Å². The molecule has 124 valence electrons. The Morgan fingerprint density at radius 3 is 2.58 bits per heavy atom. The van der Waals surface area contributed by atoms with Gasteiger partial charge in [-0.2, -0.15) is 5.10 Å². The molecule has 0 unspecified atom stereocenters. The minimum absolute atomic E-state index is 0.0229. The molecule has 2 aromatic rings. The fourth-order valence-electron chi connectivity index (χ4n) is 1.83. The van der Waals surface area contributed by atoms with E-state index in [9.17, 15) is 14.0 Å². The summed E-state index contributed by atoms with van der Waals surface area (Å²) in [6.07, 6.45) is 1.48. The summed E-state index contributed by atoms with van der Waals surface area (Å²) in [6.45, 7) is 1.61. The summed E-state index contributed by atoms with van der Waals surface area (Å²) < 4.78 is 13.6. The number of carbonyl (C=O) groups is 2. The van der Waals surface area contributed by atoms with Gasteiger partial charge >= 0.3 is 0 Å². The Hall–Kier alpha value is -2.73. The van der Waals surface area contributed by atoms with Crippen molar-refractivity contribution in [1.29, 1.82) is 0 Å². The van der Waals surface area contributed by atoms with Gasteiger partial charge in [0, 0.05) is 0 Å². The van der Waals surface area contributed by atoms with Crippen molar-refractivity contribution in [2.24, 2.45) is 5.10 Å². The molecule has 0 radical (unpaired) electrons. The van der Waals surface area contributed by atoms with Crippen LogP contribution in [0.4, 0.5) is 4.39 Å². The van der Waals surface area contributed by atoms with Gasteiger partial charge in [-0.15, -0.1) is 0 Å². The summed E-state index contributed by atoms with van der Waals surface area (Å²) >= 11 is 5.78. The van der Waals surface area contributed by atoms with E-state index < -0.39 is 17.6 Å². The predicted octanol–water partition coefficient (Wildman–Crippen LogP) is 2.67. The van der Waals surface area contributed by atoms with Crippen molar-refractivity contribution in [1.82, 2.24) is 10.7 Å². The SMILES string of the molecule is Cc1ccc(/C=N\NC(=O)CNC(=O)c2c(F)cccc2Cl)cc1. The zero-order chi connectivity index (χ0) is 17.5. The third-order valence-electron chi connectivity index (χ3n) is 3.08. The van der Waals surface area contributed by atoms with Crippen LogP contribution in [0.25, 0.3) is 0 Å². The summed E-state index contributed by atoms with van der Waals surface area (Å²) in [5.74, 6) is -2.06. The molecule has 0 saturated carbocycles. The first-order valence-electron chi connectivity index (χ1n) is 7.08. The van der Waals surface area contributed by atoms with Crippen LogP contribution in [0.5, 0.6) is 0 Å². The van der Waals surface area contributed by atoms with Gasteiger partial charge in [-0.25, -0.2) is 9.82 Å². The van der Waals surface area contributed by atoms with Crippen LogP contribution < -0.4 is 10.7 Å². The second kappa shape index (κ2) is 8.21. The number of nitrogens with one attached hydrogen (secondary N) is 2. The van der Waals surface area contributed by atoms with E-state index in [2.05, 4.69) is 15.8 Å².